The number of rotatable bonds is 12. The first-order chi connectivity index (χ1) is 32.8. The average Bonchev–Trinajstić information content (AvgIpc) is 3.53. The molecule has 0 unspecified atom stereocenters. The Morgan fingerprint density at radius 3 is 2.13 bits per heavy atom. The van der Waals surface area contributed by atoms with Gasteiger partial charge in [-0.05, 0) is 76.2 Å². The predicted octanol–water partition coefficient (Wildman–Crippen LogP) is 9.54. The van der Waals surface area contributed by atoms with Crippen LogP contribution >= 0.6 is 0 Å². The summed E-state index contributed by atoms with van der Waals surface area (Å²) < 4.78 is 76.0. The third-order valence-electron chi connectivity index (χ3n) is 17.7. The molecule has 380 valence electrons. The predicted molar refractivity (Wildman–Crippen MR) is 262 cm³/mol. The maximum absolute atomic E-state index is 13.5. The normalized spacial score (nSPS) is 43.1. The molecule has 2 aromatic carbocycles. The Labute approximate surface area is 412 Å². The highest BCUT2D eigenvalue weighted by molar-refractivity contribution is 6.74. The van der Waals surface area contributed by atoms with Crippen molar-refractivity contribution in [3.05, 3.63) is 83.9 Å². The highest BCUT2D eigenvalue weighted by Crippen LogP contribution is 2.54. The van der Waals surface area contributed by atoms with Crippen molar-refractivity contribution in [2.24, 2.45) is 0 Å². The fourth-order valence-corrected chi connectivity index (χ4v) is 13.6. The summed E-state index contributed by atoms with van der Waals surface area (Å²) >= 11 is 0. The summed E-state index contributed by atoms with van der Waals surface area (Å²) in [6.07, 6.45) is 8.06. The van der Waals surface area contributed by atoms with Gasteiger partial charge in [-0.3, -0.25) is 4.79 Å². The first-order valence-corrected chi connectivity index (χ1v) is 29.2. The van der Waals surface area contributed by atoms with Gasteiger partial charge in [0.15, 0.2) is 14.1 Å². The zero-order chi connectivity index (χ0) is 48.4. The van der Waals surface area contributed by atoms with Crippen molar-refractivity contribution < 1.29 is 56.6 Å². The lowest BCUT2D eigenvalue weighted by Gasteiger charge is -2.62. The second-order valence-corrected chi connectivity index (χ2v) is 28.9. The second kappa shape index (κ2) is 19.5. The molecule has 8 heterocycles. The van der Waals surface area contributed by atoms with Crippen molar-refractivity contribution in [2.75, 3.05) is 13.2 Å². The SMILES string of the molecule is CC(C)(C)[Si](C)(C)OC[C@H]1O[C@H]2C[C@H]3O[C@H]4C=C[C@H]5O[C@H]6C[C@@]7(C)O[C@@]8(C)[C@@H](OCc9ccccc9)C[C@H](CCCOCc9ccccc9)O[C@@H]8C[C@@H]7O[C@@H]6C[C@@H]5O[C@]4(C)C[C@]3(C)O[C@@H]2CCC1=O. The summed E-state index contributed by atoms with van der Waals surface area (Å²) in [4.78, 5) is 13.5. The molecule has 7 fully saturated rings. The summed E-state index contributed by atoms with van der Waals surface area (Å²) in [7, 11) is -2.07. The molecule has 12 nitrogen and oxygen atoms in total. The lowest BCUT2D eigenvalue weighted by molar-refractivity contribution is -0.372. The Morgan fingerprint density at radius 1 is 0.696 bits per heavy atom. The van der Waals surface area contributed by atoms with Crippen molar-refractivity contribution >= 4 is 14.1 Å². The molecule has 0 radical (unpaired) electrons. The van der Waals surface area contributed by atoms with Crippen LogP contribution in [-0.2, 0) is 69.8 Å². The zero-order valence-corrected chi connectivity index (χ0v) is 43.7. The van der Waals surface area contributed by atoms with Crippen LogP contribution in [-0.4, -0.2) is 129 Å². The summed E-state index contributed by atoms with van der Waals surface area (Å²) in [6, 6.07) is 20.7. The smallest absolute Gasteiger partial charge is 0.192 e. The van der Waals surface area contributed by atoms with Gasteiger partial charge in [-0.2, -0.15) is 0 Å². The lowest BCUT2D eigenvalue weighted by Crippen LogP contribution is -2.72. The van der Waals surface area contributed by atoms with E-state index in [9.17, 15) is 4.79 Å². The van der Waals surface area contributed by atoms with Crippen LogP contribution in [0.3, 0.4) is 0 Å². The Morgan fingerprint density at radius 2 is 1.39 bits per heavy atom. The monoisotopic (exact) mass is 973 g/mol. The molecule has 0 spiro atoms. The van der Waals surface area contributed by atoms with Crippen LogP contribution in [0.1, 0.15) is 124 Å². The number of carbonyl (C=O) groups excluding carboxylic acids is 1. The highest BCUT2D eigenvalue weighted by Gasteiger charge is 2.64. The highest BCUT2D eigenvalue weighted by atomic mass is 28.4. The Balaban J connectivity index is 0.800. The molecule has 17 atom stereocenters. The molecule has 69 heavy (non-hydrogen) atoms. The minimum Gasteiger partial charge on any atom is -0.414 e. The van der Waals surface area contributed by atoms with Crippen molar-refractivity contribution in [3.63, 3.8) is 0 Å². The molecule has 0 aliphatic carbocycles. The quantitative estimate of drug-likeness (QED) is 0.115. The number of Topliss-reactive ketones (excluding diaryl/α,β-unsaturated/α-hetero) is 1. The second-order valence-electron chi connectivity index (χ2n) is 24.0. The van der Waals surface area contributed by atoms with E-state index in [4.69, 9.17) is 51.8 Å². The molecule has 0 bridgehead atoms. The van der Waals surface area contributed by atoms with Crippen LogP contribution in [0.25, 0.3) is 0 Å². The number of benzene rings is 2. The molecular formula is C56H80O12Si. The molecule has 7 saturated heterocycles. The van der Waals surface area contributed by atoms with Gasteiger partial charge in [-0.1, -0.05) is 93.6 Å². The number of hydrogen-bond acceptors (Lipinski definition) is 12. The Kier molecular flexibility index (Phi) is 14.2. The Hall–Kier alpha value is -2.37. The van der Waals surface area contributed by atoms with E-state index in [0.29, 0.717) is 64.8 Å². The number of fused-ring (bicyclic) bond motifs is 7. The fourth-order valence-electron chi connectivity index (χ4n) is 12.6. The van der Waals surface area contributed by atoms with Gasteiger partial charge < -0.3 is 51.8 Å². The molecular weight excluding hydrogens is 893 g/mol. The van der Waals surface area contributed by atoms with Crippen molar-refractivity contribution in [2.45, 2.75) is 246 Å². The number of ether oxygens (including phenoxy) is 10. The average molecular weight is 973 g/mol. The van der Waals surface area contributed by atoms with E-state index in [2.05, 4.69) is 110 Å². The Bertz CT molecular complexity index is 2120. The van der Waals surface area contributed by atoms with Crippen molar-refractivity contribution in [3.8, 4) is 0 Å². The van der Waals surface area contributed by atoms with Crippen LogP contribution in [0.2, 0.25) is 18.1 Å². The largest absolute Gasteiger partial charge is 0.414 e. The summed E-state index contributed by atoms with van der Waals surface area (Å²) in [6.45, 7) is 21.8. The topological polar surface area (TPSA) is 119 Å². The minimum absolute atomic E-state index is 0.00628. The van der Waals surface area contributed by atoms with E-state index in [1.807, 2.05) is 24.3 Å². The lowest BCUT2D eigenvalue weighted by atomic mass is 9.72. The van der Waals surface area contributed by atoms with E-state index in [0.717, 1.165) is 24.8 Å². The van der Waals surface area contributed by atoms with E-state index < -0.39 is 36.8 Å². The van der Waals surface area contributed by atoms with Crippen molar-refractivity contribution in [1.82, 2.24) is 0 Å². The maximum Gasteiger partial charge on any atom is 0.192 e. The summed E-state index contributed by atoms with van der Waals surface area (Å²) in [5.74, 6) is 0.0913. The molecule has 13 heteroatoms. The van der Waals surface area contributed by atoms with Crippen molar-refractivity contribution in [1.29, 1.82) is 0 Å². The third-order valence-corrected chi connectivity index (χ3v) is 22.2. The van der Waals surface area contributed by atoms with Gasteiger partial charge in [-0.15, -0.1) is 0 Å². The molecule has 0 aromatic heterocycles. The minimum atomic E-state index is -2.07. The molecule has 8 aliphatic rings. The number of hydrogen-bond donors (Lipinski definition) is 0. The van der Waals surface area contributed by atoms with E-state index >= 15 is 0 Å². The van der Waals surface area contributed by atoms with Crippen LogP contribution in [0.4, 0.5) is 0 Å². The van der Waals surface area contributed by atoms with Crippen LogP contribution in [0.5, 0.6) is 0 Å². The van der Waals surface area contributed by atoms with E-state index in [-0.39, 0.29) is 90.7 Å². The fraction of sp³-hybridized carbons (Fsp3) is 0.732. The van der Waals surface area contributed by atoms with Gasteiger partial charge in [0.1, 0.15) is 23.9 Å². The van der Waals surface area contributed by atoms with Gasteiger partial charge >= 0.3 is 0 Å². The summed E-state index contributed by atoms with van der Waals surface area (Å²) in [5, 5.41) is 0.0361. The van der Waals surface area contributed by atoms with E-state index in [1.54, 1.807) is 0 Å². The van der Waals surface area contributed by atoms with Crippen LogP contribution in [0.15, 0.2) is 72.8 Å². The zero-order valence-electron chi connectivity index (χ0n) is 42.7. The maximum atomic E-state index is 13.5. The molecule has 0 saturated carbocycles. The molecule has 10 rings (SSSR count). The number of ketones is 1. The molecule has 2 aromatic rings. The van der Waals surface area contributed by atoms with E-state index in [1.165, 1.54) is 5.56 Å². The first kappa shape index (κ1) is 50.2. The molecule has 8 aliphatic heterocycles. The standard InChI is InChI=1S/C56H80O12Si/c1-52(2,3)69(8,9)60-34-46-39(57)22-23-41-43(63-46)29-48-55(6,66-41)35-54(5)47(65-48)25-24-40-44(67-54)28-42-45(62-40)31-53(4)49(64-42)30-51-56(7,68-53)50(59-33-37-19-14-11-15-20-37)27-38(61-51)21-16-26-58-32-36-17-12-10-13-18-36/h10-15,17-20,24-25,38,40-51H,16,21-23,26-35H2,1-9H3/t38-,40+,41+,42+,43-,44-,45-,46+,47-,48+,49-,50-,51+,53+,54+,55-,56-/m0/s1. The van der Waals surface area contributed by atoms with Gasteiger partial charge in [0.25, 0.3) is 0 Å². The van der Waals surface area contributed by atoms with Crippen LogP contribution in [0, 0.1) is 0 Å². The van der Waals surface area contributed by atoms with Gasteiger partial charge in [-0.25, -0.2) is 0 Å². The van der Waals surface area contributed by atoms with Crippen LogP contribution < -0.4 is 0 Å². The first-order valence-electron chi connectivity index (χ1n) is 26.3. The third kappa shape index (κ3) is 10.3. The van der Waals surface area contributed by atoms with Gasteiger partial charge in [0, 0.05) is 51.6 Å². The number of carbonyl (C=O) groups is 1. The summed E-state index contributed by atoms with van der Waals surface area (Å²) in [5.41, 5.74) is -0.305. The van der Waals surface area contributed by atoms with Gasteiger partial charge in [0.05, 0.1) is 97.7 Å². The molecule has 0 N–H and O–H groups in total. The van der Waals surface area contributed by atoms with Gasteiger partial charge in [0.2, 0.25) is 0 Å². The molecule has 0 amide bonds.